The van der Waals surface area contributed by atoms with Crippen LogP contribution in [-0.4, -0.2) is 22.0 Å². The summed E-state index contributed by atoms with van der Waals surface area (Å²) in [4.78, 5) is 15.9. The Morgan fingerprint density at radius 2 is 2.39 bits per heavy atom. The van der Waals surface area contributed by atoms with Crippen LogP contribution in [0.15, 0.2) is 18.3 Å². The number of hydrogen-bond acceptors (Lipinski definition) is 3. The van der Waals surface area contributed by atoms with Gasteiger partial charge in [-0.1, -0.05) is 26.2 Å². The smallest absolute Gasteiger partial charge is 0.273 e. The highest BCUT2D eigenvalue weighted by molar-refractivity contribution is 5.94. The van der Waals surface area contributed by atoms with Crippen LogP contribution in [0.25, 0.3) is 0 Å². The van der Waals surface area contributed by atoms with E-state index in [2.05, 4.69) is 17.2 Å². The number of rotatable bonds is 3. The van der Waals surface area contributed by atoms with Crippen molar-refractivity contribution in [3.63, 3.8) is 0 Å². The Morgan fingerprint density at radius 3 is 3.11 bits per heavy atom. The van der Waals surface area contributed by atoms with E-state index in [1.54, 1.807) is 6.07 Å². The van der Waals surface area contributed by atoms with Crippen LogP contribution >= 0.6 is 0 Å². The summed E-state index contributed by atoms with van der Waals surface area (Å²) in [7, 11) is 0. The lowest BCUT2D eigenvalue weighted by atomic mass is 9.84. The second-order valence-electron chi connectivity index (χ2n) is 4.98. The molecule has 0 aromatic carbocycles. The number of carbonyl (C=O) groups is 1. The van der Waals surface area contributed by atoms with Crippen molar-refractivity contribution in [3.8, 4) is 5.75 Å². The largest absolute Gasteiger partial charge is 0.505 e. The van der Waals surface area contributed by atoms with Crippen molar-refractivity contribution in [2.24, 2.45) is 5.92 Å². The summed E-state index contributed by atoms with van der Waals surface area (Å²) >= 11 is 0. The van der Waals surface area contributed by atoms with Crippen LogP contribution in [0.1, 0.15) is 49.5 Å². The number of nitrogens with zero attached hydrogens (tertiary/aromatic N) is 1. The minimum atomic E-state index is -0.269. The van der Waals surface area contributed by atoms with Gasteiger partial charge in [0.1, 0.15) is 5.75 Å². The zero-order chi connectivity index (χ0) is 13.0. The van der Waals surface area contributed by atoms with Crippen LogP contribution in [0.5, 0.6) is 5.75 Å². The fraction of sp³-hybridized carbons (Fsp3) is 0.571. The summed E-state index contributed by atoms with van der Waals surface area (Å²) in [5, 5.41) is 12.6. The topological polar surface area (TPSA) is 62.2 Å². The van der Waals surface area contributed by atoms with Crippen molar-refractivity contribution in [2.75, 3.05) is 0 Å². The Labute approximate surface area is 107 Å². The molecule has 98 valence electrons. The molecule has 0 aliphatic heterocycles. The molecule has 1 amide bonds. The lowest BCUT2D eigenvalue weighted by Gasteiger charge is -2.29. The summed E-state index contributed by atoms with van der Waals surface area (Å²) in [5.41, 5.74) is 0.121. The molecule has 0 saturated heterocycles. The van der Waals surface area contributed by atoms with Crippen LogP contribution in [0.2, 0.25) is 0 Å². The fourth-order valence-corrected chi connectivity index (χ4v) is 2.62. The van der Waals surface area contributed by atoms with E-state index in [0.29, 0.717) is 5.92 Å². The van der Waals surface area contributed by atoms with Gasteiger partial charge in [0.05, 0.1) is 0 Å². The summed E-state index contributed by atoms with van der Waals surface area (Å²) in [6, 6.07) is 3.31. The maximum absolute atomic E-state index is 12.0. The first-order chi connectivity index (χ1) is 8.70. The van der Waals surface area contributed by atoms with Crippen molar-refractivity contribution in [2.45, 2.75) is 45.1 Å². The average molecular weight is 248 g/mol. The van der Waals surface area contributed by atoms with E-state index < -0.39 is 0 Å². The van der Waals surface area contributed by atoms with Gasteiger partial charge in [-0.25, -0.2) is 4.98 Å². The molecule has 0 spiro atoms. The Hall–Kier alpha value is -1.58. The number of amides is 1. The Balaban J connectivity index is 1.97. The summed E-state index contributed by atoms with van der Waals surface area (Å²) in [5.74, 6) is 0.383. The van der Waals surface area contributed by atoms with Crippen LogP contribution in [0.4, 0.5) is 0 Å². The van der Waals surface area contributed by atoms with Gasteiger partial charge in [-0.15, -0.1) is 0 Å². The van der Waals surface area contributed by atoms with Crippen LogP contribution in [0.3, 0.4) is 0 Å². The van der Waals surface area contributed by atoms with E-state index in [1.165, 1.54) is 25.1 Å². The molecule has 1 fully saturated rings. The van der Waals surface area contributed by atoms with Crippen molar-refractivity contribution in [1.29, 1.82) is 0 Å². The Bertz CT molecular complexity index is 420. The molecule has 2 rings (SSSR count). The minimum absolute atomic E-state index is 0.0575. The van der Waals surface area contributed by atoms with Crippen molar-refractivity contribution in [1.82, 2.24) is 10.3 Å². The first kappa shape index (κ1) is 12.9. The van der Waals surface area contributed by atoms with Crippen LogP contribution in [-0.2, 0) is 0 Å². The SMILES string of the molecule is CCC1CCCC(NC(=O)c2ncccc2O)C1. The Morgan fingerprint density at radius 1 is 1.56 bits per heavy atom. The zero-order valence-electron chi connectivity index (χ0n) is 10.7. The normalized spacial score (nSPS) is 23.6. The average Bonchev–Trinajstić information content (AvgIpc) is 2.39. The molecule has 1 heterocycles. The molecule has 2 atom stereocenters. The van der Waals surface area contributed by atoms with Gasteiger partial charge >= 0.3 is 0 Å². The molecule has 4 nitrogen and oxygen atoms in total. The van der Waals surface area contributed by atoms with E-state index in [4.69, 9.17) is 0 Å². The zero-order valence-corrected chi connectivity index (χ0v) is 10.7. The Kier molecular flexibility index (Phi) is 4.18. The molecule has 2 unspecified atom stereocenters. The maximum atomic E-state index is 12.0. The van der Waals surface area contributed by atoms with Crippen molar-refractivity contribution >= 4 is 5.91 Å². The monoisotopic (exact) mass is 248 g/mol. The number of hydrogen-bond donors (Lipinski definition) is 2. The minimum Gasteiger partial charge on any atom is -0.505 e. The van der Waals surface area contributed by atoms with E-state index in [-0.39, 0.29) is 23.4 Å². The van der Waals surface area contributed by atoms with Gasteiger partial charge in [0.2, 0.25) is 0 Å². The maximum Gasteiger partial charge on any atom is 0.273 e. The summed E-state index contributed by atoms with van der Waals surface area (Å²) < 4.78 is 0. The molecule has 2 N–H and O–H groups in total. The lowest BCUT2D eigenvalue weighted by Crippen LogP contribution is -2.38. The third-order valence-corrected chi connectivity index (χ3v) is 3.70. The van der Waals surface area contributed by atoms with Gasteiger partial charge in [-0.05, 0) is 30.9 Å². The lowest BCUT2D eigenvalue weighted by molar-refractivity contribution is 0.0911. The molecule has 4 heteroatoms. The van der Waals surface area contributed by atoms with Gasteiger partial charge in [0.25, 0.3) is 5.91 Å². The molecule has 1 aromatic heterocycles. The summed E-state index contributed by atoms with van der Waals surface area (Å²) in [6.45, 7) is 2.19. The highest BCUT2D eigenvalue weighted by Crippen LogP contribution is 2.26. The molecule has 1 saturated carbocycles. The summed E-state index contributed by atoms with van der Waals surface area (Å²) in [6.07, 6.45) is 7.17. The molecular weight excluding hydrogens is 228 g/mol. The van der Waals surface area contributed by atoms with Crippen molar-refractivity contribution in [3.05, 3.63) is 24.0 Å². The van der Waals surface area contributed by atoms with Gasteiger partial charge in [-0.2, -0.15) is 0 Å². The first-order valence-electron chi connectivity index (χ1n) is 6.65. The predicted molar refractivity (Wildman–Crippen MR) is 69.4 cm³/mol. The second kappa shape index (κ2) is 5.85. The quantitative estimate of drug-likeness (QED) is 0.863. The van der Waals surface area contributed by atoms with Gasteiger partial charge in [0.15, 0.2) is 5.69 Å². The fourth-order valence-electron chi connectivity index (χ4n) is 2.62. The van der Waals surface area contributed by atoms with E-state index in [0.717, 1.165) is 19.3 Å². The second-order valence-corrected chi connectivity index (χ2v) is 4.98. The predicted octanol–water partition coefficient (Wildman–Crippen LogP) is 2.49. The number of aromatic hydroxyl groups is 1. The molecular formula is C14H20N2O2. The molecule has 1 aromatic rings. The highest BCUT2D eigenvalue weighted by Gasteiger charge is 2.23. The molecule has 0 radical (unpaired) electrons. The van der Waals surface area contributed by atoms with E-state index in [9.17, 15) is 9.90 Å². The van der Waals surface area contributed by atoms with Gasteiger partial charge in [-0.3, -0.25) is 4.79 Å². The standard InChI is InChI=1S/C14H20N2O2/c1-2-10-5-3-6-11(9-10)16-14(18)13-12(17)7-4-8-15-13/h4,7-8,10-11,17H,2-3,5-6,9H2,1H3,(H,16,18). The third kappa shape index (κ3) is 3.00. The number of pyridine rings is 1. The van der Waals surface area contributed by atoms with E-state index in [1.807, 2.05) is 0 Å². The van der Waals surface area contributed by atoms with Gasteiger partial charge in [0, 0.05) is 12.2 Å². The number of carbonyl (C=O) groups excluding carboxylic acids is 1. The number of aromatic nitrogens is 1. The van der Waals surface area contributed by atoms with Crippen LogP contribution in [0, 0.1) is 5.92 Å². The first-order valence-corrected chi connectivity index (χ1v) is 6.65. The van der Waals surface area contributed by atoms with Crippen molar-refractivity contribution < 1.29 is 9.90 Å². The highest BCUT2D eigenvalue weighted by atomic mass is 16.3. The third-order valence-electron chi connectivity index (χ3n) is 3.70. The van der Waals surface area contributed by atoms with Crippen LogP contribution < -0.4 is 5.32 Å². The molecule has 18 heavy (non-hydrogen) atoms. The van der Waals surface area contributed by atoms with E-state index >= 15 is 0 Å². The number of nitrogens with one attached hydrogen (secondary N) is 1. The molecule has 0 bridgehead atoms. The molecule has 1 aliphatic rings. The van der Waals surface area contributed by atoms with Gasteiger partial charge < -0.3 is 10.4 Å². The molecule has 1 aliphatic carbocycles.